The number of aromatic amines is 1. The molecule has 2 aromatic heterocycles. The number of aromatic nitrogens is 3. The maximum atomic E-state index is 12.7. The van der Waals surface area contributed by atoms with Crippen LogP contribution in [0.2, 0.25) is 0 Å². The average molecular weight is 350 g/mol. The van der Waals surface area contributed by atoms with Crippen molar-refractivity contribution in [1.29, 1.82) is 0 Å². The standard InChI is InChI=1S/C20H22N4O2/c1-14(24-4-6-26-7-5-24)20(25)10-19-9-17-8-15(18-12-22-23-13-18)2-3-16(17)11-21-19/h2-3,8-9,11-14H,4-7,10H2,1H3,(H,22,23)/t14-/m0/s1. The van der Waals surface area contributed by atoms with Gasteiger partial charge in [0, 0.05) is 42.1 Å². The molecule has 1 aromatic carbocycles. The summed E-state index contributed by atoms with van der Waals surface area (Å²) in [6.45, 7) is 5.00. The number of benzene rings is 1. The third kappa shape index (κ3) is 3.52. The molecule has 6 nitrogen and oxygen atoms in total. The fourth-order valence-electron chi connectivity index (χ4n) is 3.37. The van der Waals surface area contributed by atoms with Crippen molar-refractivity contribution in [3.8, 4) is 11.1 Å². The summed E-state index contributed by atoms with van der Waals surface area (Å²) in [6.07, 6.45) is 5.87. The number of carbonyl (C=O) groups excluding carboxylic acids is 1. The van der Waals surface area contributed by atoms with Gasteiger partial charge in [0.25, 0.3) is 0 Å². The van der Waals surface area contributed by atoms with Crippen molar-refractivity contribution in [1.82, 2.24) is 20.1 Å². The maximum Gasteiger partial charge on any atom is 0.155 e. The molecule has 0 unspecified atom stereocenters. The van der Waals surface area contributed by atoms with Crippen LogP contribution in [0.3, 0.4) is 0 Å². The monoisotopic (exact) mass is 350 g/mol. The molecule has 1 aliphatic heterocycles. The normalized spacial score (nSPS) is 16.7. The Morgan fingerprint density at radius 1 is 1.19 bits per heavy atom. The first kappa shape index (κ1) is 16.9. The molecule has 1 aliphatic rings. The molecule has 0 bridgehead atoms. The van der Waals surface area contributed by atoms with E-state index >= 15 is 0 Å². The molecule has 1 atom stereocenters. The zero-order valence-corrected chi connectivity index (χ0v) is 14.8. The molecule has 1 N–H and O–H groups in total. The lowest BCUT2D eigenvalue weighted by atomic mass is 10.0. The highest BCUT2D eigenvalue weighted by molar-refractivity contribution is 5.89. The number of ether oxygens (including phenoxy) is 1. The van der Waals surface area contributed by atoms with Crippen LogP contribution in [0.25, 0.3) is 21.9 Å². The summed E-state index contributed by atoms with van der Waals surface area (Å²) >= 11 is 0. The minimum absolute atomic E-state index is 0.103. The Morgan fingerprint density at radius 3 is 2.81 bits per heavy atom. The van der Waals surface area contributed by atoms with Crippen LogP contribution in [0.4, 0.5) is 0 Å². The number of nitrogens with one attached hydrogen (secondary N) is 1. The molecule has 6 heteroatoms. The molecule has 0 spiro atoms. The lowest BCUT2D eigenvalue weighted by molar-refractivity contribution is -0.124. The first-order valence-electron chi connectivity index (χ1n) is 8.93. The largest absolute Gasteiger partial charge is 0.379 e. The van der Waals surface area contributed by atoms with Crippen molar-refractivity contribution in [3.63, 3.8) is 0 Å². The minimum Gasteiger partial charge on any atom is -0.379 e. The van der Waals surface area contributed by atoms with Crippen LogP contribution in [-0.2, 0) is 16.0 Å². The second-order valence-corrected chi connectivity index (χ2v) is 6.69. The van der Waals surface area contributed by atoms with Gasteiger partial charge in [-0.25, -0.2) is 0 Å². The van der Waals surface area contributed by atoms with Gasteiger partial charge in [-0.3, -0.25) is 19.8 Å². The van der Waals surface area contributed by atoms with Crippen LogP contribution >= 0.6 is 0 Å². The van der Waals surface area contributed by atoms with E-state index in [-0.39, 0.29) is 11.8 Å². The second-order valence-electron chi connectivity index (χ2n) is 6.69. The Kier molecular flexibility index (Phi) is 4.77. The highest BCUT2D eigenvalue weighted by atomic mass is 16.5. The van der Waals surface area contributed by atoms with E-state index in [1.807, 2.05) is 31.5 Å². The van der Waals surface area contributed by atoms with Crippen molar-refractivity contribution in [2.75, 3.05) is 26.3 Å². The van der Waals surface area contributed by atoms with E-state index in [9.17, 15) is 4.79 Å². The van der Waals surface area contributed by atoms with Crippen LogP contribution in [0, 0.1) is 0 Å². The Labute approximate surface area is 152 Å². The molecule has 0 amide bonds. The van der Waals surface area contributed by atoms with Gasteiger partial charge in [0.1, 0.15) is 0 Å². The van der Waals surface area contributed by atoms with Gasteiger partial charge < -0.3 is 4.74 Å². The molecule has 0 saturated carbocycles. The van der Waals surface area contributed by atoms with Gasteiger partial charge in [-0.15, -0.1) is 0 Å². The molecule has 26 heavy (non-hydrogen) atoms. The van der Waals surface area contributed by atoms with Crippen molar-refractivity contribution < 1.29 is 9.53 Å². The Hall–Kier alpha value is -2.57. The number of ketones is 1. The van der Waals surface area contributed by atoms with Crippen LogP contribution < -0.4 is 0 Å². The van der Waals surface area contributed by atoms with Gasteiger partial charge in [-0.2, -0.15) is 5.10 Å². The lowest BCUT2D eigenvalue weighted by Crippen LogP contribution is -2.46. The van der Waals surface area contributed by atoms with E-state index in [2.05, 4.69) is 32.2 Å². The van der Waals surface area contributed by atoms with E-state index in [0.717, 1.165) is 40.7 Å². The van der Waals surface area contributed by atoms with Gasteiger partial charge in [0.15, 0.2) is 5.78 Å². The quantitative estimate of drug-likeness (QED) is 0.765. The van der Waals surface area contributed by atoms with Crippen molar-refractivity contribution in [3.05, 3.63) is 48.5 Å². The number of hydrogen-bond acceptors (Lipinski definition) is 5. The number of rotatable bonds is 5. The van der Waals surface area contributed by atoms with Crippen LogP contribution in [-0.4, -0.2) is 58.2 Å². The third-order valence-electron chi connectivity index (χ3n) is 5.02. The van der Waals surface area contributed by atoms with E-state index in [4.69, 9.17) is 4.74 Å². The van der Waals surface area contributed by atoms with E-state index in [1.54, 1.807) is 6.20 Å². The molecule has 3 heterocycles. The summed E-state index contributed by atoms with van der Waals surface area (Å²) in [5, 5.41) is 8.99. The van der Waals surface area contributed by atoms with Crippen LogP contribution in [0.5, 0.6) is 0 Å². The molecule has 3 aromatic rings. The molecule has 0 radical (unpaired) electrons. The predicted octanol–water partition coefficient (Wildman–Crippen LogP) is 2.46. The highest BCUT2D eigenvalue weighted by Crippen LogP contribution is 2.24. The zero-order valence-electron chi connectivity index (χ0n) is 14.8. The maximum absolute atomic E-state index is 12.7. The second kappa shape index (κ2) is 7.35. The first-order chi connectivity index (χ1) is 12.7. The number of hydrogen-bond donors (Lipinski definition) is 1. The van der Waals surface area contributed by atoms with Crippen molar-refractivity contribution in [2.45, 2.75) is 19.4 Å². The number of carbonyl (C=O) groups is 1. The minimum atomic E-state index is -0.103. The van der Waals surface area contributed by atoms with Crippen molar-refractivity contribution in [2.24, 2.45) is 0 Å². The fraction of sp³-hybridized carbons (Fsp3) is 0.350. The molecule has 1 saturated heterocycles. The van der Waals surface area contributed by atoms with E-state index < -0.39 is 0 Å². The topological polar surface area (TPSA) is 71.1 Å². The van der Waals surface area contributed by atoms with Gasteiger partial charge in [-0.1, -0.05) is 12.1 Å². The highest BCUT2D eigenvalue weighted by Gasteiger charge is 2.23. The fourth-order valence-corrected chi connectivity index (χ4v) is 3.37. The molecule has 0 aliphatic carbocycles. The Bertz CT molecular complexity index is 901. The number of morpholine rings is 1. The van der Waals surface area contributed by atoms with Crippen molar-refractivity contribution >= 4 is 16.6 Å². The zero-order chi connectivity index (χ0) is 17.9. The summed E-state index contributed by atoms with van der Waals surface area (Å²) in [6, 6.07) is 8.13. The van der Waals surface area contributed by atoms with Gasteiger partial charge in [0.2, 0.25) is 0 Å². The number of nitrogens with zero attached hydrogens (tertiary/aromatic N) is 3. The van der Waals surface area contributed by atoms with Crippen LogP contribution in [0.1, 0.15) is 12.6 Å². The molecule has 134 valence electrons. The van der Waals surface area contributed by atoms with E-state index in [1.165, 1.54) is 0 Å². The summed E-state index contributed by atoms with van der Waals surface area (Å²) in [5.41, 5.74) is 2.95. The number of H-pyrrole nitrogens is 1. The summed E-state index contributed by atoms with van der Waals surface area (Å²) in [4.78, 5) is 19.3. The summed E-state index contributed by atoms with van der Waals surface area (Å²) < 4.78 is 5.37. The predicted molar refractivity (Wildman–Crippen MR) is 99.9 cm³/mol. The first-order valence-corrected chi connectivity index (χ1v) is 8.93. The van der Waals surface area contributed by atoms with Crippen LogP contribution in [0.15, 0.2) is 42.9 Å². The average Bonchev–Trinajstić information content (AvgIpc) is 3.22. The molecule has 4 rings (SSSR count). The summed E-state index contributed by atoms with van der Waals surface area (Å²) in [5.74, 6) is 0.199. The molecular weight excluding hydrogens is 328 g/mol. The third-order valence-corrected chi connectivity index (χ3v) is 5.02. The smallest absolute Gasteiger partial charge is 0.155 e. The van der Waals surface area contributed by atoms with Gasteiger partial charge in [-0.05, 0) is 30.0 Å². The van der Waals surface area contributed by atoms with Gasteiger partial charge in [0.05, 0.1) is 31.9 Å². The number of fused-ring (bicyclic) bond motifs is 1. The van der Waals surface area contributed by atoms with E-state index in [0.29, 0.717) is 19.6 Å². The molecule has 1 fully saturated rings. The SMILES string of the molecule is C[C@@H](C(=O)Cc1cc2cc(-c3cn[nH]c3)ccc2cn1)N1CCOCC1. The summed E-state index contributed by atoms with van der Waals surface area (Å²) in [7, 11) is 0. The number of pyridine rings is 1. The Morgan fingerprint density at radius 2 is 2.04 bits per heavy atom. The Balaban J connectivity index is 1.53. The molecular formula is C20H22N4O2. The lowest BCUT2D eigenvalue weighted by Gasteiger charge is -2.31. The van der Waals surface area contributed by atoms with Gasteiger partial charge >= 0.3 is 0 Å². The number of Topliss-reactive ketones (excluding diaryl/α,β-unsaturated/α-hetero) is 1.